The Bertz CT molecular complexity index is 2120. The van der Waals surface area contributed by atoms with E-state index >= 15 is 4.39 Å². The van der Waals surface area contributed by atoms with Gasteiger partial charge in [0.15, 0.2) is 11.6 Å². The number of hydrogen-bond donors (Lipinski definition) is 2. The molecule has 1 aromatic heterocycles. The van der Waals surface area contributed by atoms with Crippen LogP contribution in [0.5, 0.6) is 11.5 Å². The lowest BCUT2D eigenvalue weighted by molar-refractivity contribution is -0.111. The van der Waals surface area contributed by atoms with Crippen LogP contribution in [0.25, 0.3) is 10.9 Å². The van der Waals surface area contributed by atoms with Crippen molar-refractivity contribution in [1.29, 1.82) is 5.26 Å². The molecule has 11 nitrogen and oxygen atoms in total. The van der Waals surface area contributed by atoms with Crippen LogP contribution >= 0.6 is 12.1 Å². The lowest BCUT2D eigenvalue weighted by atomic mass is 9.67. The van der Waals surface area contributed by atoms with Gasteiger partial charge in [0.1, 0.15) is 23.2 Å². The quantitative estimate of drug-likeness (QED) is 0.137. The van der Waals surface area contributed by atoms with Crippen molar-refractivity contribution in [2.24, 2.45) is 11.8 Å². The van der Waals surface area contributed by atoms with E-state index in [9.17, 15) is 14.4 Å². The van der Waals surface area contributed by atoms with E-state index in [0.29, 0.717) is 66.4 Å². The van der Waals surface area contributed by atoms with Crippen molar-refractivity contribution in [2.45, 2.75) is 62.6 Å². The topological polar surface area (TPSA) is 131 Å². The number of hydrogen-bond acceptors (Lipinski definition) is 11. The van der Waals surface area contributed by atoms with Crippen LogP contribution in [0.1, 0.15) is 62.1 Å². The minimum atomic E-state index is -0.688. The Morgan fingerprint density at radius 1 is 1.09 bits per heavy atom. The molecule has 2 bridgehead atoms. The molecule has 3 unspecified atom stereocenters. The molecule has 3 saturated heterocycles. The predicted octanol–water partition coefficient (Wildman–Crippen LogP) is 6.85. The fourth-order valence-corrected chi connectivity index (χ4v) is 9.65. The van der Waals surface area contributed by atoms with Crippen LogP contribution in [0.3, 0.4) is 0 Å². The minimum Gasteiger partial charge on any atom is -0.453 e. The van der Waals surface area contributed by atoms with Crippen LogP contribution in [-0.2, 0) is 9.47 Å². The summed E-state index contributed by atoms with van der Waals surface area (Å²) < 4.78 is 55.1. The number of benzene rings is 3. The van der Waals surface area contributed by atoms with Crippen LogP contribution in [0.4, 0.5) is 20.2 Å². The van der Waals surface area contributed by atoms with E-state index in [1.54, 1.807) is 35.2 Å². The Kier molecular flexibility index (Phi) is 10.3. The number of nitriles is 1. The van der Waals surface area contributed by atoms with Gasteiger partial charge < -0.3 is 24.7 Å². The number of anilines is 2. The van der Waals surface area contributed by atoms with Gasteiger partial charge in [-0.3, -0.25) is 14.3 Å². The zero-order chi connectivity index (χ0) is 37.6. The van der Waals surface area contributed by atoms with E-state index < -0.39 is 5.82 Å². The zero-order valence-electron chi connectivity index (χ0n) is 30.5. The molecule has 4 heterocycles. The average molecular weight is 758 g/mol. The predicted molar refractivity (Wildman–Crippen MR) is 204 cm³/mol. The molecule has 8 rings (SSSR count). The summed E-state index contributed by atoms with van der Waals surface area (Å²) in [5.41, 5.74) is 7.41. The van der Waals surface area contributed by atoms with Gasteiger partial charge in [0.05, 0.1) is 54.4 Å². The number of aromatic nitrogens is 2. The van der Waals surface area contributed by atoms with Crippen LogP contribution in [0.15, 0.2) is 59.7 Å². The zero-order valence-corrected chi connectivity index (χ0v) is 31.3. The number of nitrogen functional groups attached to an aromatic ring is 1. The number of likely N-dealkylation sites (tertiary alicyclic amines) is 1. The second-order valence-electron chi connectivity index (χ2n) is 15.2. The fourth-order valence-electron chi connectivity index (χ4n) is 9.10. The monoisotopic (exact) mass is 757 g/mol. The van der Waals surface area contributed by atoms with Gasteiger partial charge in [-0.15, -0.1) is 0 Å². The summed E-state index contributed by atoms with van der Waals surface area (Å²) in [5.74, 6) is -0.0771. The first-order valence-electron chi connectivity index (χ1n) is 18.7. The normalized spacial score (nSPS) is 25.2. The summed E-state index contributed by atoms with van der Waals surface area (Å²) in [6.07, 6.45) is 5.79. The summed E-state index contributed by atoms with van der Waals surface area (Å²) in [6.45, 7) is 6.31. The van der Waals surface area contributed by atoms with Crippen molar-refractivity contribution >= 4 is 34.4 Å². The van der Waals surface area contributed by atoms with Gasteiger partial charge in [-0.25, -0.2) is 18.1 Å². The molecule has 4 fully saturated rings. The molecule has 1 saturated carbocycles. The van der Waals surface area contributed by atoms with Gasteiger partial charge in [0.2, 0.25) is 0 Å². The van der Waals surface area contributed by atoms with Gasteiger partial charge in [-0.2, -0.15) is 5.26 Å². The molecule has 4 aromatic rings. The minimum absolute atomic E-state index is 0.0212. The fraction of sp³-hybridized carbons (Fsp3) is 0.475. The highest BCUT2D eigenvalue weighted by Crippen LogP contribution is 2.48. The lowest BCUT2D eigenvalue weighted by Gasteiger charge is -2.52. The van der Waals surface area contributed by atoms with E-state index in [1.165, 1.54) is 30.3 Å². The maximum Gasteiger partial charge on any atom is 0.261 e. The number of nitrogens with two attached hydrogens (primary N) is 1. The number of piperidine rings is 1. The van der Waals surface area contributed by atoms with Crippen LogP contribution in [-0.4, -0.2) is 76.9 Å². The van der Waals surface area contributed by atoms with E-state index in [2.05, 4.69) is 20.7 Å². The van der Waals surface area contributed by atoms with E-state index in [-0.39, 0.29) is 46.0 Å². The Morgan fingerprint density at radius 2 is 1.87 bits per heavy atom. The number of fused-ring (bicyclic) bond motifs is 3. The third-order valence-electron chi connectivity index (χ3n) is 11.9. The van der Waals surface area contributed by atoms with E-state index in [0.717, 1.165) is 50.9 Å². The largest absolute Gasteiger partial charge is 0.453 e. The molecule has 3 aliphatic heterocycles. The molecule has 14 heteroatoms. The molecule has 3 N–H and O–H groups in total. The summed E-state index contributed by atoms with van der Waals surface area (Å²) >= 11 is 1.29. The summed E-state index contributed by atoms with van der Waals surface area (Å²) in [5, 5.41) is 10.3. The Morgan fingerprint density at radius 3 is 2.59 bits per heavy atom. The first-order chi connectivity index (χ1) is 26.1. The van der Waals surface area contributed by atoms with Crippen LogP contribution in [0.2, 0.25) is 0 Å². The van der Waals surface area contributed by atoms with Crippen molar-refractivity contribution in [3.63, 3.8) is 0 Å². The molecule has 3 atom stereocenters. The van der Waals surface area contributed by atoms with Crippen molar-refractivity contribution in [2.75, 3.05) is 57.0 Å². The van der Waals surface area contributed by atoms with Gasteiger partial charge in [-0.05, 0) is 105 Å². The molecule has 3 aromatic carbocycles. The summed E-state index contributed by atoms with van der Waals surface area (Å²) in [7, 11) is 1.89. The average Bonchev–Trinajstić information content (AvgIpc) is 3.57. The van der Waals surface area contributed by atoms with E-state index in [1.807, 2.05) is 24.3 Å². The molecule has 284 valence electrons. The molecule has 4 aliphatic rings. The number of ether oxygens (including phenoxy) is 3. The Labute approximate surface area is 317 Å². The maximum atomic E-state index is 15.1. The number of rotatable bonds is 9. The second-order valence-corrected chi connectivity index (χ2v) is 16.2. The highest BCUT2D eigenvalue weighted by atomic mass is 32.2. The second kappa shape index (κ2) is 15.1. The Hall–Kier alpha value is -4.26. The Balaban J connectivity index is 0.946. The van der Waals surface area contributed by atoms with Crippen molar-refractivity contribution in [1.82, 2.24) is 18.8 Å². The van der Waals surface area contributed by atoms with Gasteiger partial charge in [0, 0.05) is 43.5 Å². The standard InChI is InChI=1S/C40H45F2N7O4S/c1-3-47(2)54-46-36-9-7-33(41)38(32(36)19-43)53-29-5-8-35-31(17-29)39(50)49(23-45-35)28-18-40(52-22-28)10-12-48(13-11-40)37-25-14-24(15-26(37)21-51-20-25)30-6-4-27(44)16-34(30)42/h4-9,16-17,23-26,28,37,46H,3,10-15,18,20-22,44H2,1-2H3. The summed E-state index contributed by atoms with van der Waals surface area (Å²) in [4.78, 5) is 21.2. The van der Waals surface area contributed by atoms with Crippen LogP contribution < -0.4 is 20.8 Å². The molecule has 1 aliphatic carbocycles. The smallest absolute Gasteiger partial charge is 0.261 e. The first kappa shape index (κ1) is 36.7. The van der Waals surface area contributed by atoms with Gasteiger partial charge >= 0.3 is 0 Å². The molecular weight excluding hydrogens is 713 g/mol. The molecule has 54 heavy (non-hydrogen) atoms. The SMILES string of the molecule is CCN(C)SNc1ccc(F)c(Oc2ccc3ncn(C4COC5(CCN(C6C7COCC6CC(c6ccc(N)cc6F)C7)CC5)C4)c(=O)c3c2)c1C#N. The highest BCUT2D eigenvalue weighted by molar-refractivity contribution is 7.98. The molecular formula is C40H45F2N7O4S. The third kappa shape index (κ3) is 7.04. The summed E-state index contributed by atoms with van der Waals surface area (Å²) in [6, 6.07) is 14.9. The highest BCUT2D eigenvalue weighted by Gasteiger charge is 2.49. The van der Waals surface area contributed by atoms with Crippen molar-refractivity contribution < 1.29 is 23.0 Å². The van der Waals surface area contributed by atoms with Gasteiger partial charge in [0.25, 0.3) is 5.56 Å². The van der Waals surface area contributed by atoms with Gasteiger partial charge in [-0.1, -0.05) is 13.0 Å². The number of nitrogens with one attached hydrogen (secondary N) is 1. The molecule has 1 spiro atoms. The molecule has 0 radical (unpaired) electrons. The lowest BCUT2D eigenvalue weighted by Crippen LogP contribution is -2.58. The first-order valence-corrected chi connectivity index (χ1v) is 19.5. The van der Waals surface area contributed by atoms with Crippen LogP contribution in [0, 0.1) is 34.8 Å². The third-order valence-corrected chi connectivity index (χ3v) is 12.8. The van der Waals surface area contributed by atoms with E-state index in [4.69, 9.17) is 19.9 Å². The van der Waals surface area contributed by atoms with Crippen molar-refractivity contribution in [3.05, 3.63) is 88.0 Å². The molecule has 0 amide bonds. The van der Waals surface area contributed by atoms with Crippen molar-refractivity contribution in [3.8, 4) is 17.6 Å². The maximum absolute atomic E-state index is 15.1. The number of nitrogens with zero attached hydrogens (tertiary/aromatic N) is 5. The number of halogens is 2.